The van der Waals surface area contributed by atoms with Crippen molar-refractivity contribution < 1.29 is 91.4 Å². The molecule has 0 aromatic heterocycles. The number of azo groups is 3. The molecule has 0 fully saturated rings. The van der Waals surface area contributed by atoms with Crippen LogP contribution in [0.4, 0.5) is 34.1 Å². The SMILES string of the molecule is Cc1ccc(/N=N/c2cc(OCCO)c(/N=N/c3c(S(=O)(=O)O)cc4c(S(=O)(=O)O)c(/N=N/C5C(=O)N(c6ccc(S(=O)(=O)O)cc6)N=C5C(=O)O)ccc4c3O)cc2OCCO)c(S(=O)(=O)O)c1. The Balaban J connectivity index is 1.46. The first-order valence-electron chi connectivity index (χ1n) is 18.7. The summed E-state index contributed by atoms with van der Waals surface area (Å²) in [4.78, 5) is 21.6. The van der Waals surface area contributed by atoms with Crippen molar-refractivity contribution in [1.82, 2.24) is 0 Å². The Morgan fingerprint density at radius 1 is 0.652 bits per heavy atom. The number of phenolic OH excluding ortho intramolecular Hbond substituents is 1. The molecule has 0 spiro atoms. The summed E-state index contributed by atoms with van der Waals surface area (Å²) >= 11 is 0. The lowest BCUT2D eigenvalue weighted by Gasteiger charge is -2.14. The molecule has 364 valence electrons. The van der Waals surface area contributed by atoms with Gasteiger partial charge in [0.2, 0.25) is 6.04 Å². The van der Waals surface area contributed by atoms with Crippen molar-refractivity contribution in [2.24, 2.45) is 35.8 Å². The Labute approximate surface area is 388 Å². The van der Waals surface area contributed by atoms with Gasteiger partial charge in [-0.05, 0) is 67.1 Å². The van der Waals surface area contributed by atoms with Crippen LogP contribution in [0.1, 0.15) is 5.56 Å². The molecule has 0 bridgehead atoms. The number of carbonyl (C=O) groups is 2. The largest absolute Gasteiger partial charge is 0.505 e. The number of amides is 1. The van der Waals surface area contributed by atoms with E-state index in [2.05, 4.69) is 35.8 Å². The number of ether oxygens (including phenoxy) is 2. The molecule has 0 radical (unpaired) electrons. The Morgan fingerprint density at radius 2 is 1.20 bits per heavy atom. The normalized spacial score (nSPS) is 14.9. The van der Waals surface area contributed by atoms with Crippen molar-refractivity contribution in [2.45, 2.75) is 32.5 Å². The minimum absolute atomic E-state index is 0.213. The van der Waals surface area contributed by atoms with Gasteiger partial charge >= 0.3 is 5.97 Å². The molecular weight excluding hydrogens is 1000 g/mol. The molecule has 1 atom stereocenters. The molecule has 1 aliphatic heterocycles. The maximum atomic E-state index is 13.3. The van der Waals surface area contributed by atoms with Crippen molar-refractivity contribution in [1.29, 1.82) is 0 Å². The molecule has 5 aromatic carbocycles. The molecule has 0 saturated carbocycles. The third-order valence-electron chi connectivity index (χ3n) is 9.14. The number of carboxylic acid groups (broad SMARTS) is 1. The van der Waals surface area contributed by atoms with Gasteiger partial charge in [0.25, 0.3) is 46.4 Å². The number of hydrazone groups is 1. The Kier molecular flexibility index (Phi) is 14.6. The number of aliphatic hydroxyl groups excluding tert-OH is 2. The van der Waals surface area contributed by atoms with Gasteiger partial charge < -0.3 is 29.9 Å². The van der Waals surface area contributed by atoms with Crippen LogP contribution in [0.5, 0.6) is 17.2 Å². The highest BCUT2D eigenvalue weighted by molar-refractivity contribution is 7.87. The lowest BCUT2D eigenvalue weighted by Crippen LogP contribution is -2.33. The predicted octanol–water partition coefficient (Wildman–Crippen LogP) is 4.35. The number of carboxylic acids is 1. The summed E-state index contributed by atoms with van der Waals surface area (Å²) in [5, 5.41) is 65.7. The summed E-state index contributed by atoms with van der Waals surface area (Å²) in [6.45, 7) is -0.432. The second-order valence-electron chi connectivity index (χ2n) is 13.8. The van der Waals surface area contributed by atoms with E-state index >= 15 is 0 Å². The van der Waals surface area contributed by atoms with E-state index in [0.29, 0.717) is 16.6 Å². The van der Waals surface area contributed by atoms with Gasteiger partial charge in [0.15, 0.2) is 11.5 Å². The van der Waals surface area contributed by atoms with Gasteiger partial charge in [-0.3, -0.25) is 23.0 Å². The van der Waals surface area contributed by atoms with E-state index in [0.717, 1.165) is 54.6 Å². The van der Waals surface area contributed by atoms with Crippen molar-refractivity contribution in [3.05, 3.63) is 78.4 Å². The number of anilines is 1. The topological polar surface area (TPSA) is 441 Å². The summed E-state index contributed by atoms with van der Waals surface area (Å²) in [5.74, 6) is -4.83. The highest BCUT2D eigenvalue weighted by Gasteiger charge is 2.41. The van der Waals surface area contributed by atoms with E-state index in [-0.39, 0.29) is 34.2 Å². The second-order valence-corrected chi connectivity index (χ2v) is 19.4. The number of fused-ring (bicyclic) bond motifs is 1. The van der Waals surface area contributed by atoms with E-state index in [9.17, 15) is 81.9 Å². The highest BCUT2D eigenvalue weighted by atomic mass is 32.2. The van der Waals surface area contributed by atoms with Gasteiger partial charge in [-0.15, -0.1) is 20.5 Å². The number of aliphatic hydroxyl groups is 2. The predicted molar refractivity (Wildman–Crippen MR) is 233 cm³/mol. The number of hydrogen-bond acceptors (Lipinski definition) is 22. The average molecular weight is 1040 g/mol. The van der Waals surface area contributed by atoms with Gasteiger partial charge in [0, 0.05) is 22.9 Å². The first-order chi connectivity index (χ1) is 32.2. The minimum Gasteiger partial charge on any atom is -0.505 e. The number of benzene rings is 5. The lowest BCUT2D eigenvalue weighted by atomic mass is 10.1. The van der Waals surface area contributed by atoms with Crippen LogP contribution >= 0.6 is 0 Å². The third kappa shape index (κ3) is 11.4. The van der Waals surface area contributed by atoms with E-state index in [1.165, 1.54) is 12.1 Å². The lowest BCUT2D eigenvalue weighted by molar-refractivity contribution is -0.130. The van der Waals surface area contributed by atoms with E-state index < -0.39 is 138 Å². The smallest absolute Gasteiger partial charge is 0.355 e. The maximum Gasteiger partial charge on any atom is 0.355 e. The summed E-state index contributed by atoms with van der Waals surface area (Å²) in [7, 11) is -20.6. The summed E-state index contributed by atoms with van der Waals surface area (Å²) in [6.07, 6.45) is 0. The zero-order chi connectivity index (χ0) is 50.8. The fourth-order valence-corrected chi connectivity index (χ4v) is 8.81. The van der Waals surface area contributed by atoms with Crippen LogP contribution in [-0.2, 0) is 50.1 Å². The molecule has 1 aliphatic rings. The number of hydrogen-bond donors (Lipinski definition) is 8. The van der Waals surface area contributed by atoms with Gasteiger partial charge in [0.05, 0.1) is 23.8 Å². The van der Waals surface area contributed by atoms with Gasteiger partial charge in [-0.1, -0.05) is 6.07 Å². The Bertz CT molecular complexity index is 3510. The van der Waals surface area contributed by atoms with E-state index in [4.69, 9.17) is 9.47 Å². The van der Waals surface area contributed by atoms with Crippen LogP contribution in [0.2, 0.25) is 0 Å². The molecule has 1 amide bonds. The number of carbonyl (C=O) groups excluding carboxylic acids is 1. The molecule has 5 aromatic rings. The number of aliphatic carboxylic acids is 1. The van der Waals surface area contributed by atoms with Crippen LogP contribution in [0, 0.1) is 6.92 Å². The summed E-state index contributed by atoms with van der Waals surface area (Å²) in [6, 6.07) is 9.60. The molecule has 0 saturated heterocycles. The van der Waals surface area contributed by atoms with Crippen molar-refractivity contribution in [2.75, 3.05) is 31.4 Å². The zero-order valence-corrected chi connectivity index (χ0v) is 37.8. The van der Waals surface area contributed by atoms with Crippen LogP contribution < -0.4 is 14.5 Å². The quantitative estimate of drug-likeness (QED) is 0.0446. The molecule has 32 heteroatoms. The number of phenols is 1. The van der Waals surface area contributed by atoms with Gasteiger partial charge in [-0.2, -0.15) is 54.0 Å². The highest BCUT2D eigenvalue weighted by Crippen LogP contribution is 2.47. The number of rotatable bonds is 18. The van der Waals surface area contributed by atoms with Crippen molar-refractivity contribution in [3.8, 4) is 17.2 Å². The number of aryl methyl sites for hydroxylation is 1. The molecule has 0 aliphatic carbocycles. The molecule has 1 heterocycles. The monoisotopic (exact) mass is 1040 g/mol. The molecule has 6 rings (SSSR count). The Morgan fingerprint density at radius 3 is 1.72 bits per heavy atom. The third-order valence-corrected chi connectivity index (χ3v) is 12.7. The minimum atomic E-state index is -5.57. The van der Waals surface area contributed by atoms with Crippen molar-refractivity contribution in [3.63, 3.8) is 0 Å². The van der Waals surface area contributed by atoms with Crippen molar-refractivity contribution >= 4 is 103 Å². The molecule has 28 nitrogen and oxygen atoms in total. The summed E-state index contributed by atoms with van der Waals surface area (Å²) < 4.78 is 149. The van der Waals surface area contributed by atoms with Crippen LogP contribution in [0.25, 0.3) is 10.8 Å². The summed E-state index contributed by atoms with van der Waals surface area (Å²) in [5.41, 5.74) is -3.64. The number of aromatic hydroxyl groups is 1. The standard InChI is InChI=1S/C37H32N8O20S4/c1-18-2-8-23(29(14-18)67(55,56)57)38-40-25-16-28(65-13-11-47)26(17-27(25)64-12-10-46)41-42-31-30(68(58,59)60)15-22-21(34(31)48)7-9-24(35(22)69(61,62)63)39-43-32-33(37(50)51)44-45(36(32)49)19-3-5-20(6-4-19)66(52,53)54/h2-9,14-17,32,46-48H,10-13H2,1H3,(H,50,51)(H,52,53,54)(H,55,56,57)(H,58,59,60)(H,61,62,63)/b40-38+,42-41+,43-39+. The molecule has 1 unspecified atom stereocenters. The van der Waals surface area contributed by atoms with Crippen LogP contribution in [0.15, 0.2) is 128 Å². The zero-order valence-electron chi connectivity index (χ0n) is 34.5. The second kappa shape index (κ2) is 19.8. The first-order valence-corrected chi connectivity index (χ1v) is 24.5. The maximum absolute atomic E-state index is 13.3. The molecule has 69 heavy (non-hydrogen) atoms. The molecule has 8 N–H and O–H groups in total. The van der Waals surface area contributed by atoms with Crippen LogP contribution in [0.3, 0.4) is 0 Å². The van der Waals surface area contributed by atoms with Gasteiger partial charge in [-0.25, -0.2) is 4.79 Å². The Hall–Kier alpha value is -7.27. The van der Waals surface area contributed by atoms with Gasteiger partial charge in [0.1, 0.15) is 67.8 Å². The average Bonchev–Trinajstić information content (AvgIpc) is 3.60. The van der Waals surface area contributed by atoms with E-state index in [1.807, 2.05) is 0 Å². The van der Waals surface area contributed by atoms with E-state index in [1.54, 1.807) is 6.92 Å². The van der Waals surface area contributed by atoms with Crippen LogP contribution in [-0.4, -0.2) is 122 Å². The first kappa shape index (κ1) is 51.1. The fourth-order valence-electron chi connectivity index (χ4n) is 6.16. The molecular formula is C37H32N8O20S4. The number of nitrogens with zero attached hydrogens (tertiary/aromatic N) is 8. The fraction of sp³-hybridized carbons (Fsp3) is 0.162.